The van der Waals surface area contributed by atoms with E-state index in [4.69, 9.17) is 4.74 Å². The van der Waals surface area contributed by atoms with Crippen LogP contribution in [0, 0.1) is 0 Å². The Morgan fingerprint density at radius 1 is 1.22 bits per heavy atom. The number of para-hydroxylation sites is 1. The molecule has 0 radical (unpaired) electrons. The lowest BCUT2D eigenvalue weighted by Gasteiger charge is -2.16. The second-order valence-corrected chi connectivity index (χ2v) is 6.34. The van der Waals surface area contributed by atoms with Crippen LogP contribution < -0.4 is 10.1 Å². The van der Waals surface area contributed by atoms with Crippen LogP contribution in [0.1, 0.15) is 20.8 Å². The molecule has 0 aliphatic carbocycles. The van der Waals surface area contributed by atoms with Crippen molar-refractivity contribution >= 4 is 17.2 Å². The zero-order chi connectivity index (χ0) is 15.6. The van der Waals surface area contributed by atoms with Crippen molar-refractivity contribution in [1.82, 2.24) is 10.3 Å². The highest BCUT2D eigenvalue weighted by atomic mass is 32.1. The topological polar surface area (TPSA) is 51.2 Å². The second kappa shape index (κ2) is 5.85. The van der Waals surface area contributed by atoms with E-state index in [-0.39, 0.29) is 5.91 Å². The SMILES string of the molecule is O=C(NCc1ccncc1)c1cc2c(s1)-c1ccccc1OC2. The number of thiophene rings is 1. The minimum absolute atomic E-state index is 0.0568. The molecule has 3 heterocycles. The second-order valence-electron chi connectivity index (χ2n) is 5.29. The first kappa shape index (κ1) is 14.0. The van der Waals surface area contributed by atoms with Gasteiger partial charge in [-0.25, -0.2) is 0 Å². The van der Waals surface area contributed by atoms with Crippen LogP contribution in [0.15, 0.2) is 54.9 Å². The van der Waals surface area contributed by atoms with Gasteiger partial charge in [0, 0.05) is 34.9 Å². The van der Waals surface area contributed by atoms with Crippen LogP contribution in [-0.2, 0) is 13.2 Å². The highest BCUT2D eigenvalue weighted by Gasteiger charge is 2.22. The maximum absolute atomic E-state index is 12.4. The number of nitrogens with one attached hydrogen (secondary N) is 1. The Labute approximate surface area is 137 Å². The van der Waals surface area contributed by atoms with Crippen LogP contribution in [0.5, 0.6) is 5.75 Å². The van der Waals surface area contributed by atoms with Crippen molar-refractivity contribution in [2.24, 2.45) is 0 Å². The molecule has 0 saturated carbocycles. The number of benzene rings is 1. The number of pyridine rings is 1. The predicted molar refractivity (Wildman–Crippen MR) is 89.5 cm³/mol. The molecule has 0 saturated heterocycles. The molecule has 114 valence electrons. The number of ether oxygens (including phenoxy) is 1. The summed E-state index contributed by atoms with van der Waals surface area (Å²) in [5, 5.41) is 2.95. The zero-order valence-electron chi connectivity index (χ0n) is 12.3. The fourth-order valence-electron chi connectivity index (χ4n) is 2.58. The van der Waals surface area contributed by atoms with Crippen molar-refractivity contribution in [1.29, 1.82) is 0 Å². The molecule has 0 unspecified atom stereocenters. The summed E-state index contributed by atoms with van der Waals surface area (Å²) in [4.78, 5) is 18.2. The third kappa shape index (κ3) is 2.71. The van der Waals surface area contributed by atoms with Crippen LogP contribution in [0.3, 0.4) is 0 Å². The van der Waals surface area contributed by atoms with Crippen molar-refractivity contribution in [3.63, 3.8) is 0 Å². The molecule has 0 bridgehead atoms. The normalized spacial score (nSPS) is 12.0. The van der Waals surface area contributed by atoms with Crippen LogP contribution >= 0.6 is 11.3 Å². The first-order valence-corrected chi connectivity index (χ1v) is 8.15. The molecule has 0 spiro atoms. The predicted octanol–water partition coefficient (Wildman–Crippen LogP) is 3.63. The van der Waals surface area contributed by atoms with E-state index in [1.165, 1.54) is 11.3 Å². The van der Waals surface area contributed by atoms with Crippen LogP contribution in [0.4, 0.5) is 0 Å². The third-order valence-electron chi connectivity index (χ3n) is 3.75. The highest BCUT2D eigenvalue weighted by Crippen LogP contribution is 2.42. The molecule has 0 fully saturated rings. The Balaban J connectivity index is 1.55. The lowest BCUT2D eigenvalue weighted by molar-refractivity contribution is 0.0955. The molecular weight excluding hydrogens is 308 g/mol. The van der Waals surface area contributed by atoms with Gasteiger partial charge in [0.15, 0.2) is 0 Å². The molecule has 0 atom stereocenters. The summed E-state index contributed by atoms with van der Waals surface area (Å²) in [5.41, 5.74) is 3.16. The summed E-state index contributed by atoms with van der Waals surface area (Å²) in [6.07, 6.45) is 3.44. The number of aromatic nitrogens is 1. The van der Waals surface area contributed by atoms with E-state index in [0.29, 0.717) is 18.0 Å². The molecule has 2 aromatic heterocycles. The van der Waals surface area contributed by atoms with E-state index >= 15 is 0 Å². The van der Waals surface area contributed by atoms with Gasteiger partial charge in [-0.3, -0.25) is 9.78 Å². The standard InChI is InChI=1S/C18H14N2O2S/c21-18(20-10-12-5-7-19-8-6-12)16-9-13-11-22-15-4-2-1-3-14(15)17(13)23-16/h1-9H,10-11H2,(H,20,21). The Morgan fingerprint density at radius 3 is 2.91 bits per heavy atom. The molecular formula is C18H14N2O2S. The Hall–Kier alpha value is -2.66. The first-order valence-electron chi connectivity index (χ1n) is 7.33. The lowest BCUT2D eigenvalue weighted by atomic mass is 10.1. The highest BCUT2D eigenvalue weighted by molar-refractivity contribution is 7.17. The Kier molecular flexibility index (Phi) is 3.55. The quantitative estimate of drug-likeness (QED) is 0.801. The van der Waals surface area contributed by atoms with E-state index in [0.717, 1.165) is 27.3 Å². The summed E-state index contributed by atoms with van der Waals surface area (Å²) >= 11 is 1.52. The fourth-order valence-corrected chi connectivity index (χ4v) is 3.70. The number of rotatable bonds is 3. The number of carbonyl (C=O) groups excluding carboxylic acids is 1. The van der Waals surface area contributed by atoms with Crippen LogP contribution in [-0.4, -0.2) is 10.9 Å². The Morgan fingerprint density at radius 2 is 2.04 bits per heavy atom. The molecule has 1 aliphatic heterocycles. The van der Waals surface area contributed by atoms with Gasteiger partial charge in [-0.1, -0.05) is 12.1 Å². The van der Waals surface area contributed by atoms with Crippen LogP contribution in [0.25, 0.3) is 10.4 Å². The maximum Gasteiger partial charge on any atom is 0.261 e. The minimum Gasteiger partial charge on any atom is -0.488 e. The summed E-state index contributed by atoms with van der Waals surface area (Å²) in [6, 6.07) is 13.6. The average Bonchev–Trinajstić information content (AvgIpc) is 3.05. The lowest BCUT2D eigenvalue weighted by Crippen LogP contribution is -2.21. The summed E-state index contributed by atoms with van der Waals surface area (Å²) in [7, 11) is 0. The summed E-state index contributed by atoms with van der Waals surface area (Å²) in [5.74, 6) is 0.823. The Bertz CT molecular complexity index is 858. The number of hydrogen-bond donors (Lipinski definition) is 1. The largest absolute Gasteiger partial charge is 0.488 e. The number of hydrogen-bond acceptors (Lipinski definition) is 4. The van der Waals surface area contributed by atoms with Crippen molar-refractivity contribution < 1.29 is 9.53 Å². The number of fused-ring (bicyclic) bond motifs is 3. The van der Waals surface area contributed by atoms with E-state index < -0.39 is 0 Å². The number of nitrogens with zero attached hydrogens (tertiary/aromatic N) is 1. The number of carbonyl (C=O) groups is 1. The molecule has 23 heavy (non-hydrogen) atoms. The van der Waals surface area contributed by atoms with E-state index in [1.54, 1.807) is 12.4 Å². The average molecular weight is 322 g/mol. The molecule has 3 aromatic rings. The van der Waals surface area contributed by atoms with Gasteiger partial charge in [0.05, 0.1) is 4.88 Å². The van der Waals surface area contributed by atoms with Crippen molar-refractivity contribution in [2.45, 2.75) is 13.2 Å². The molecule has 1 aliphatic rings. The van der Waals surface area contributed by atoms with Gasteiger partial charge in [0.2, 0.25) is 0 Å². The molecule has 1 aromatic carbocycles. The zero-order valence-corrected chi connectivity index (χ0v) is 13.1. The number of amides is 1. The first-order chi connectivity index (χ1) is 11.3. The molecule has 4 rings (SSSR count). The van der Waals surface area contributed by atoms with E-state index in [2.05, 4.69) is 10.3 Å². The molecule has 1 amide bonds. The van der Waals surface area contributed by atoms with E-state index in [9.17, 15) is 4.79 Å². The fraction of sp³-hybridized carbons (Fsp3) is 0.111. The van der Waals surface area contributed by atoms with E-state index in [1.807, 2.05) is 42.5 Å². The van der Waals surface area contributed by atoms with Crippen molar-refractivity contribution in [3.05, 3.63) is 70.9 Å². The summed E-state index contributed by atoms with van der Waals surface area (Å²) < 4.78 is 5.74. The molecule has 1 N–H and O–H groups in total. The van der Waals surface area contributed by atoms with Crippen molar-refractivity contribution in [3.8, 4) is 16.2 Å². The van der Waals surface area contributed by atoms with Gasteiger partial charge in [0.1, 0.15) is 12.4 Å². The van der Waals surface area contributed by atoms with Gasteiger partial charge in [-0.2, -0.15) is 0 Å². The van der Waals surface area contributed by atoms with Crippen molar-refractivity contribution in [2.75, 3.05) is 0 Å². The molecule has 5 heteroatoms. The van der Waals surface area contributed by atoms with Gasteiger partial charge in [-0.15, -0.1) is 11.3 Å². The van der Waals surface area contributed by atoms with Gasteiger partial charge >= 0.3 is 0 Å². The monoisotopic (exact) mass is 322 g/mol. The molecule has 4 nitrogen and oxygen atoms in total. The third-order valence-corrected chi connectivity index (χ3v) is 4.96. The van der Waals surface area contributed by atoms with Crippen LogP contribution in [0.2, 0.25) is 0 Å². The van der Waals surface area contributed by atoms with Gasteiger partial charge in [0.25, 0.3) is 5.91 Å². The van der Waals surface area contributed by atoms with Gasteiger partial charge < -0.3 is 10.1 Å². The summed E-state index contributed by atoms with van der Waals surface area (Å²) in [6.45, 7) is 1.01. The maximum atomic E-state index is 12.4. The van der Waals surface area contributed by atoms with Gasteiger partial charge in [-0.05, 0) is 35.9 Å². The smallest absolute Gasteiger partial charge is 0.261 e. The minimum atomic E-state index is -0.0568.